The average Bonchev–Trinajstić information content (AvgIpc) is 2.54. The van der Waals surface area contributed by atoms with E-state index >= 15 is 0 Å². The minimum absolute atomic E-state index is 0.0173. The number of benzene rings is 1. The van der Waals surface area contributed by atoms with E-state index in [4.69, 9.17) is 10.5 Å². The molecule has 1 amide bonds. The summed E-state index contributed by atoms with van der Waals surface area (Å²) in [5.74, 6) is -0.392. The molecule has 132 valence electrons. The smallest absolute Gasteiger partial charge is 0.308 e. The molecule has 0 saturated heterocycles. The molecule has 1 aliphatic rings. The summed E-state index contributed by atoms with van der Waals surface area (Å²) in [7, 11) is 0. The van der Waals surface area contributed by atoms with Crippen LogP contribution in [0.2, 0.25) is 0 Å². The van der Waals surface area contributed by atoms with Gasteiger partial charge in [-0.25, -0.2) is 0 Å². The Hall–Kier alpha value is -1.88. The van der Waals surface area contributed by atoms with Gasteiger partial charge in [-0.2, -0.15) is 0 Å². The van der Waals surface area contributed by atoms with E-state index in [0.717, 1.165) is 24.8 Å². The molecule has 0 aliphatic heterocycles. The molecule has 0 radical (unpaired) electrons. The Labute approximate surface area is 143 Å². The van der Waals surface area contributed by atoms with Crippen LogP contribution in [0.15, 0.2) is 30.3 Å². The van der Waals surface area contributed by atoms with Crippen molar-refractivity contribution in [2.24, 2.45) is 11.7 Å². The molecule has 5 heteroatoms. The molecule has 0 spiro atoms. The normalized spacial score (nSPS) is 22.0. The number of nitrogens with two attached hydrogens (primary N) is 1. The summed E-state index contributed by atoms with van der Waals surface area (Å²) in [6.07, 6.45) is 3.49. The quantitative estimate of drug-likeness (QED) is 0.785. The van der Waals surface area contributed by atoms with Crippen molar-refractivity contribution in [2.75, 3.05) is 0 Å². The third-order valence-corrected chi connectivity index (χ3v) is 4.34. The van der Waals surface area contributed by atoms with Crippen LogP contribution in [-0.2, 0) is 14.3 Å². The van der Waals surface area contributed by atoms with Gasteiger partial charge in [0, 0.05) is 12.0 Å². The lowest BCUT2D eigenvalue weighted by Gasteiger charge is -2.28. The summed E-state index contributed by atoms with van der Waals surface area (Å²) in [6, 6.07) is 9.27. The standard InChI is InChI=1S/C19H28N2O3/c1-13(2)24-18(22)12-17(14-7-4-3-5-8-14)21-19(23)15-9-6-10-16(20)11-15/h3-5,7-8,13,15-17H,6,9-12,20H2,1-2H3,(H,21,23). The molecule has 0 heterocycles. The first-order valence-corrected chi connectivity index (χ1v) is 8.76. The van der Waals surface area contributed by atoms with Gasteiger partial charge in [0.2, 0.25) is 5.91 Å². The number of carbonyl (C=O) groups excluding carboxylic acids is 2. The van der Waals surface area contributed by atoms with Gasteiger partial charge in [0.1, 0.15) is 0 Å². The van der Waals surface area contributed by atoms with Crippen molar-refractivity contribution in [2.45, 2.75) is 64.1 Å². The third kappa shape index (κ3) is 5.64. The number of nitrogens with one attached hydrogen (secondary N) is 1. The van der Waals surface area contributed by atoms with Crippen LogP contribution >= 0.6 is 0 Å². The lowest BCUT2D eigenvalue weighted by molar-refractivity contribution is -0.148. The van der Waals surface area contributed by atoms with Gasteiger partial charge in [-0.15, -0.1) is 0 Å². The molecule has 5 nitrogen and oxygen atoms in total. The van der Waals surface area contributed by atoms with Gasteiger partial charge in [-0.1, -0.05) is 36.8 Å². The summed E-state index contributed by atoms with van der Waals surface area (Å²) in [4.78, 5) is 24.7. The van der Waals surface area contributed by atoms with Gasteiger partial charge in [-0.3, -0.25) is 9.59 Å². The van der Waals surface area contributed by atoms with E-state index in [1.165, 1.54) is 0 Å². The number of carbonyl (C=O) groups is 2. The van der Waals surface area contributed by atoms with Gasteiger partial charge >= 0.3 is 5.97 Å². The molecule has 0 aromatic heterocycles. The van der Waals surface area contributed by atoms with Crippen molar-refractivity contribution in [3.63, 3.8) is 0 Å². The van der Waals surface area contributed by atoms with Gasteiger partial charge in [-0.05, 0) is 38.7 Å². The Morgan fingerprint density at radius 2 is 1.96 bits per heavy atom. The Morgan fingerprint density at radius 3 is 2.58 bits per heavy atom. The maximum Gasteiger partial charge on any atom is 0.308 e. The molecule has 1 aromatic rings. The Kier molecular flexibility index (Phi) is 6.79. The third-order valence-electron chi connectivity index (χ3n) is 4.34. The number of esters is 1. The first-order chi connectivity index (χ1) is 11.5. The second kappa shape index (κ2) is 8.83. The van der Waals surface area contributed by atoms with Crippen LogP contribution in [0.3, 0.4) is 0 Å². The maximum absolute atomic E-state index is 12.6. The zero-order valence-electron chi connectivity index (χ0n) is 14.5. The highest BCUT2D eigenvalue weighted by Crippen LogP contribution is 2.25. The van der Waals surface area contributed by atoms with E-state index in [1.54, 1.807) is 0 Å². The lowest BCUT2D eigenvalue weighted by atomic mass is 9.85. The number of hydrogen-bond acceptors (Lipinski definition) is 4. The monoisotopic (exact) mass is 332 g/mol. The van der Waals surface area contributed by atoms with Crippen LogP contribution in [0, 0.1) is 5.92 Å². The SMILES string of the molecule is CC(C)OC(=O)CC(NC(=O)C1CCCC(N)C1)c1ccccc1. The van der Waals surface area contributed by atoms with Gasteiger partial charge in [0.15, 0.2) is 0 Å². The van der Waals surface area contributed by atoms with E-state index in [9.17, 15) is 9.59 Å². The van der Waals surface area contributed by atoms with Crippen molar-refractivity contribution < 1.29 is 14.3 Å². The van der Waals surface area contributed by atoms with Crippen molar-refractivity contribution in [3.05, 3.63) is 35.9 Å². The fraction of sp³-hybridized carbons (Fsp3) is 0.579. The van der Waals surface area contributed by atoms with Crippen molar-refractivity contribution in [1.29, 1.82) is 0 Å². The van der Waals surface area contributed by atoms with Crippen molar-refractivity contribution in [1.82, 2.24) is 5.32 Å². The molecule has 1 saturated carbocycles. The highest BCUT2D eigenvalue weighted by molar-refractivity contribution is 5.80. The van der Waals surface area contributed by atoms with Crippen LogP contribution in [0.25, 0.3) is 0 Å². The second-order valence-corrected chi connectivity index (χ2v) is 6.84. The van der Waals surface area contributed by atoms with E-state index in [-0.39, 0.29) is 42.4 Å². The first-order valence-electron chi connectivity index (χ1n) is 8.76. The fourth-order valence-electron chi connectivity index (χ4n) is 3.17. The zero-order valence-corrected chi connectivity index (χ0v) is 14.5. The predicted octanol–water partition coefficient (Wildman–Crippen LogP) is 2.70. The zero-order chi connectivity index (χ0) is 17.5. The molecule has 3 atom stereocenters. The fourth-order valence-corrected chi connectivity index (χ4v) is 3.17. The second-order valence-electron chi connectivity index (χ2n) is 6.84. The van der Waals surface area contributed by atoms with E-state index < -0.39 is 0 Å². The maximum atomic E-state index is 12.6. The van der Waals surface area contributed by atoms with E-state index in [2.05, 4.69) is 5.32 Å². The highest BCUT2D eigenvalue weighted by Gasteiger charge is 2.28. The number of rotatable bonds is 6. The molecule has 0 bridgehead atoms. The molecule has 24 heavy (non-hydrogen) atoms. The topological polar surface area (TPSA) is 81.4 Å². The van der Waals surface area contributed by atoms with E-state index in [0.29, 0.717) is 6.42 Å². The van der Waals surface area contributed by atoms with Crippen molar-refractivity contribution in [3.8, 4) is 0 Å². The average molecular weight is 332 g/mol. The summed E-state index contributed by atoms with van der Waals surface area (Å²) in [6.45, 7) is 3.63. The lowest BCUT2D eigenvalue weighted by Crippen LogP contribution is -2.40. The first kappa shape index (κ1) is 18.5. The van der Waals surface area contributed by atoms with Crippen LogP contribution in [0.1, 0.15) is 57.6 Å². The molecule has 3 unspecified atom stereocenters. The molecular formula is C19H28N2O3. The summed E-state index contributed by atoms with van der Waals surface area (Å²) in [5.41, 5.74) is 6.90. The van der Waals surface area contributed by atoms with Gasteiger partial charge in [0.05, 0.1) is 18.6 Å². The Morgan fingerprint density at radius 1 is 1.25 bits per heavy atom. The highest BCUT2D eigenvalue weighted by atomic mass is 16.5. The van der Waals surface area contributed by atoms with Crippen LogP contribution in [-0.4, -0.2) is 24.0 Å². The molecule has 1 fully saturated rings. The molecule has 3 N–H and O–H groups in total. The Bertz CT molecular complexity index is 545. The number of amides is 1. The van der Waals surface area contributed by atoms with Gasteiger partial charge in [0.25, 0.3) is 0 Å². The minimum Gasteiger partial charge on any atom is -0.463 e. The minimum atomic E-state index is -0.372. The summed E-state index contributed by atoms with van der Waals surface area (Å²) < 4.78 is 5.24. The van der Waals surface area contributed by atoms with Crippen molar-refractivity contribution >= 4 is 11.9 Å². The number of ether oxygens (including phenoxy) is 1. The van der Waals surface area contributed by atoms with Crippen LogP contribution in [0.5, 0.6) is 0 Å². The molecule has 2 rings (SSSR count). The molecular weight excluding hydrogens is 304 g/mol. The number of hydrogen-bond donors (Lipinski definition) is 2. The summed E-state index contributed by atoms with van der Waals surface area (Å²) >= 11 is 0. The molecule has 1 aliphatic carbocycles. The summed E-state index contributed by atoms with van der Waals surface area (Å²) in [5, 5.41) is 3.03. The van der Waals surface area contributed by atoms with E-state index in [1.807, 2.05) is 44.2 Å². The largest absolute Gasteiger partial charge is 0.463 e. The predicted molar refractivity (Wildman–Crippen MR) is 93.1 cm³/mol. The Balaban J connectivity index is 2.05. The van der Waals surface area contributed by atoms with Gasteiger partial charge < -0.3 is 15.8 Å². The van der Waals surface area contributed by atoms with Crippen LogP contribution in [0.4, 0.5) is 0 Å². The van der Waals surface area contributed by atoms with Crippen LogP contribution < -0.4 is 11.1 Å². The molecule has 1 aromatic carbocycles.